The maximum Gasteiger partial charge on any atom is 0.276 e. The molecule has 5 rings (SSSR count). The fourth-order valence-corrected chi connectivity index (χ4v) is 3.89. The third kappa shape index (κ3) is 3.52. The quantitative estimate of drug-likeness (QED) is 0.667. The van der Waals surface area contributed by atoms with Crippen molar-refractivity contribution in [3.63, 3.8) is 0 Å². The molecule has 8 nitrogen and oxygen atoms in total. The van der Waals surface area contributed by atoms with Crippen molar-refractivity contribution in [3.05, 3.63) is 40.9 Å². The number of aromatic nitrogens is 3. The molecular weight excluding hydrogens is 366 g/mol. The van der Waals surface area contributed by atoms with E-state index in [2.05, 4.69) is 20.2 Å². The summed E-state index contributed by atoms with van der Waals surface area (Å²) in [6, 6.07) is 5.74. The predicted molar refractivity (Wildman–Crippen MR) is 97.3 cm³/mol. The van der Waals surface area contributed by atoms with Crippen molar-refractivity contribution in [3.8, 4) is 10.7 Å². The van der Waals surface area contributed by atoms with Crippen molar-refractivity contribution < 1.29 is 13.8 Å². The molecule has 3 aromatic heterocycles. The summed E-state index contributed by atoms with van der Waals surface area (Å²) < 4.78 is 10.7. The lowest BCUT2D eigenvalue weighted by molar-refractivity contribution is 0.0605. The second-order valence-electron chi connectivity index (χ2n) is 6.95. The van der Waals surface area contributed by atoms with Crippen LogP contribution in [0.1, 0.15) is 40.9 Å². The summed E-state index contributed by atoms with van der Waals surface area (Å²) in [6.45, 7) is 3.41. The number of piperazine rings is 1. The number of thiophene rings is 1. The van der Waals surface area contributed by atoms with Crippen LogP contribution in [0.2, 0.25) is 0 Å². The third-order valence-electron chi connectivity index (χ3n) is 4.96. The Morgan fingerprint density at radius 1 is 1.19 bits per heavy atom. The number of hydrogen-bond donors (Lipinski definition) is 0. The summed E-state index contributed by atoms with van der Waals surface area (Å²) in [5.74, 6) is 2.48. The summed E-state index contributed by atoms with van der Waals surface area (Å²) in [6.07, 6.45) is 2.26. The minimum absolute atomic E-state index is 0.0527. The first kappa shape index (κ1) is 16.6. The van der Waals surface area contributed by atoms with E-state index in [-0.39, 0.29) is 5.91 Å². The van der Waals surface area contributed by atoms with Crippen LogP contribution in [-0.2, 0) is 6.54 Å². The molecule has 1 aliphatic carbocycles. The number of carbonyl (C=O) groups is 1. The van der Waals surface area contributed by atoms with E-state index in [9.17, 15) is 4.79 Å². The van der Waals surface area contributed by atoms with Gasteiger partial charge in [0, 0.05) is 38.2 Å². The van der Waals surface area contributed by atoms with Gasteiger partial charge >= 0.3 is 0 Å². The maximum atomic E-state index is 12.6. The monoisotopic (exact) mass is 385 g/mol. The normalized spacial score (nSPS) is 18.1. The number of carbonyl (C=O) groups excluding carboxylic acids is 1. The molecule has 2 aliphatic rings. The Bertz CT molecular complexity index is 923. The minimum atomic E-state index is -0.0527. The first-order valence-electron chi connectivity index (χ1n) is 9.11. The Balaban J connectivity index is 1.16. The van der Waals surface area contributed by atoms with Gasteiger partial charge in [0.15, 0.2) is 5.69 Å². The molecule has 0 radical (unpaired) electrons. The summed E-state index contributed by atoms with van der Waals surface area (Å²) in [5, 5.41) is 9.99. The van der Waals surface area contributed by atoms with Crippen molar-refractivity contribution in [2.45, 2.75) is 25.3 Å². The van der Waals surface area contributed by atoms with E-state index in [1.807, 2.05) is 22.4 Å². The topological polar surface area (TPSA) is 88.5 Å². The molecule has 0 unspecified atom stereocenters. The average Bonchev–Trinajstić information content (AvgIpc) is 3.12. The molecule has 0 N–H and O–H groups in total. The molecule has 4 heterocycles. The molecule has 0 bridgehead atoms. The minimum Gasteiger partial charge on any atom is -0.360 e. The summed E-state index contributed by atoms with van der Waals surface area (Å²) in [7, 11) is 0. The van der Waals surface area contributed by atoms with E-state index in [1.54, 1.807) is 17.4 Å². The van der Waals surface area contributed by atoms with Crippen molar-refractivity contribution in [2.75, 3.05) is 26.2 Å². The number of amides is 1. The molecule has 2 fully saturated rings. The van der Waals surface area contributed by atoms with Crippen LogP contribution in [0, 0.1) is 0 Å². The van der Waals surface area contributed by atoms with E-state index in [0.717, 1.165) is 36.6 Å². The Morgan fingerprint density at radius 2 is 2.04 bits per heavy atom. The van der Waals surface area contributed by atoms with Gasteiger partial charge in [-0.2, -0.15) is 4.98 Å². The standard InChI is InChI=1S/C18H19N5O3S/c24-18(13-10-14(25-20-13)12-3-4-12)23-7-5-22(6-8-23)11-16-19-17(21-26-16)15-2-1-9-27-15/h1-2,9-10,12H,3-8,11H2. The second-order valence-corrected chi connectivity index (χ2v) is 7.89. The summed E-state index contributed by atoms with van der Waals surface area (Å²) in [5.41, 5.74) is 0.419. The van der Waals surface area contributed by atoms with Crippen LogP contribution < -0.4 is 0 Å². The van der Waals surface area contributed by atoms with Crippen LogP contribution in [-0.4, -0.2) is 57.2 Å². The molecule has 0 atom stereocenters. The molecule has 1 saturated carbocycles. The fourth-order valence-electron chi connectivity index (χ4n) is 3.24. The van der Waals surface area contributed by atoms with E-state index in [0.29, 0.717) is 43.0 Å². The number of rotatable bonds is 5. The first-order chi connectivity index (χ1) is 13.3. The molecule has 1 aliphatic heterocycles. The molecule has 140 valence electrons. The van der Waals surface area contributed by atoms with Gasteiger partial charge in [-0.1, -0.05) is 16.4 Å². The molecule has 1 amide bonds. The van der Waals surface area contributed by atoms with Gasteiger partial charge in [0.2, 0.25) is 11.7 Å². The SMILES string of the molecule is O=C(c1cc(C2CC2)on1)N1CCN(Cc2nc(-c3cccs3)no2)CC1. The van der Waals surface area contributed by atoms with Gasteiger partial charge in [-0.25, -0.2) is 0 Å². The lowest BCUT2D eigenvalue weighted by atomic mass is 10.2. The third-order valence-corrected chi connectivity index (χ3v) is 5.82. The number of hydrogen-bond acceptors (Lipinski definition) is 8. The molecular formula is C18H19N5O3S. The lowest BCUT2D eigenvalue weighted by Gasteiger charge is -2.33. The van der Waals surface area contributed by atoms with Crippen molar-refractivity contribution >= 4 is 17.2 Å². The van der Waals surface area contributed by atoms with Gasteiger partial charge in [0.25, 0.3) is 5.91 Å². The van der Waals surface area contributed by atoms with Crippen LogP contribution in [0.4, 0.5) is 0 Å². The average molecular weight is 385 g/mol. The highest BCUT2D eigenvalue weighted by molar-refractivity contribution is 7.13. The number of nitrogens with zero attached hydrogens (tertiary/aromatic N) is 5. The Hall–Kier alpha value is -2.52. The van der Waals surface area contributed by atoms with E-state index in [1.165, 1.54) is 0 Å². The van der Waals surface area contributed by atoms with Crippen molar-refractivity contribution in [2.24, 2.45) is 0 Å². The van der Waals surface area contributed by atoms with Crippen molar-refractivity contribution in [1.82, 2.24) is 25.1 Å². The van der Waals surface area contributed by atoms with Crippen LogP contribution in [0.5, 0.6) is 0 Å². The van der Waals surface area contributed by atoms with Gasteiger partial charge < -0.3 is 13.9 Å². The zero-order chi connectivity index (χ0) is 18.2. The largest absolute Gasteiger partial charge is 0.360 e. The highest BCUT2D eigenvalue weighted by atomic mass is 32.1. The van der Waals surface area contributed by atoms with E-state index < -0.39 is 0 Å². The van der Waals surface area contributed by atoms with Crippen LogP contribution >= 0.6 is 11.3 Å². The lowest BCUT2D eigenvalue weighted by Crippen LogP contribution is -2.48. The van der Waals surface area contributed by atoms with Crippen LogP contribution in [0.25, 0.3) is 10.7 Å². The molecule has 1 saturated heterocycles. The van der Waals surface area contributed by atoms with Gasteiger partial charge in [0.05, 0.1) is 11.4 Å². The van der Waals surface area contributed by atoms with Gasteiger partial charge in [-0.05, 0) is 24.3 Å². The van der Waals surface area contributed by atoms with E-state index in [4.69, 9.17) is 9.05 Å². The van der Waals surface area contributed by atoms with E-state index >= 15 is 0 Å². The zero-order valence-electron chi connectivity index (χ0n) is 14.7. The highest BCUT2D eigenvalue weighted by Crippen LogP contribution is 2.40. The van der Waals surface area contributed by atoms with Gasteiger partial charge in [0.1, 0.15) is 5.76 Å². The Labute approximate surface area is 159 Å². The molecule has 0 spiro atoms. The Morgan fingerprint density at radius 3 is 2.78 bits per heavy atom. The summed E-state index contributed by atoms with van der Waals surface area (Å²) >= 11 is 1.59. The molecule has 9 heteroatoms. The van der Waals surface area contributed by atoms with Gasteiger partial charge in [-0.15, -0.1) is 11.3 Å². The highest BCUT2D eigenvalue weighted by Gasteiger charge is 2.30. The van der Waals surface area contributed by atoms with Crippen LogP contribution in [0.15, 0.2) is 32.6 Å². The zero-order valence-corrected chi connectivity index (χ0v) is 15.5. The second kappa shape index (κ2) is 6.90. The maximum absolute atomic E-state index is 12.6. The van der Waals surface area contributed by atoms with Crippen LogP contribution in [0.3, 0.4) is 0 Å². The van der Waals surface area contributed by atoms with Crippen molar-refractivity contribution in [1.29, 1.82) is 0 Å². The summed E-state index contributed by atoms with van der Waals surface area (Å²) in [4.78, 5) is 22.1. The smallest absolute Gasteiger partial charge is 0.276 e. The molecule has 3 aromatic rings. The van der Waals surface area contributed by atoms with Gasteiger partial charge in [-0.3, -0.25) is 9.69 Å². The predicted octanol–water partition coefficient (Wildman–Crippen LogP) is 2.62. The Kier molecular flexibility index (Phi) is 4.25. The molecule has 27 heavy (non-hydrogen) atoms. The first-order valence-corrected chi connectivity index (χ1v) is 9.99. The molecule has 0 aromatic carbocycles. The fraction of sp³-hybridized carbons (Fsp3) is 0.444.